The summed E-state index contributed by atoms with van der Waals surface area (Å²) >= 11 is 16.7. The lowest BCUT2D eigenvalue weighted by Crippen LogP contribution is -2.14. The fourth-order valence-corrected chi connectivity index (χ4v) is 5.13. The van der Waals surface area contributed by atoms with Crippen LogP contribution in [0, 0.1) is 0 Å². The number of benzene rings is 2. The van der Waals surface area contributed by atoms with Gasteiger partial charge in [0.1, 0.15) is 4.90 Å². The minimum atomic E-state index is -3.86. The zero-order valence-corrected chi connectivity index (χ0v) is 15.5. The molecule has 2 rings (SSSR count). The van der Waals surface area contributed by atoms with Gasteiger partial charge in [-0.25, -0.2) is 8.42 Å². The SMILES string of the molecule is CSc1cccc(NS(=O)(=O)c2c(Cl)cc(Br)cc2Cl)c1. The molecular formula is C13H10BrCl2NO2S2. The Morgan fingerprint density at radius 2 is 1.76 bits per heavy atom. The van der Waals surface area contributed by atoms with Crippen LogP contribution in [0.25, 0.3) is 0 Å². The number of halogens is 3. The van der Waals surface area contributed by atoms with Gasteiger partial charge in [-0.1, -0.05) is 45.2 Å². The molecule has 0 saturated carbocycles. The molecule has 0 aliphatic carbocycles. The highest BCUT2D eigenvalue weighted by Crippen LogP contribution is 2.34. The molecule has 3 nitrogen and oxygen atoms in total. The monoisotopic (exact) mass is 425 g/mol. The molecule has 0 aliphatic heterocycles. The summed E-state index contributed by atoms with van der Waals surface area (Å²) in [5, 5.41) is 0.116. The summed E-state index contributed by atoms with van der Waals surface area (Å²) in [4.78, 5) is 0.812. The van der Waals surface area contributed by atoms with Gasteiger partial charge in [0.05, 0.1) is 10.0 Å². The minimum Gasteiger partial charge on any atom is -0.280 e. The van der Waals surface area contributed by atoms with E-state index in [4.69, 9.17) is 23.2 Å². The number of sulfonamides is 1. The summed E-state index contributed by atoms with van der Waals surface area (Å²) in [6.45, 7) is 0. The Labute approximate surface area is 146 Å². The van der Waals surface area contributed by atoms with Crippen LogP contribution < -0.4 is 4.72 Å². The Balaban J connectivity index is 2.43. The van der Waals surface area contributed by atoms with Crippen molar-refractivity contribution in [3.63, 3.8) is 0 Å². The van der Waals surface area contributed by atoms with Crippen LogP contribution in [0.1, 0.15) is 0 Å². The average Bonchev–Trinajstić information content (AvgIpc) is 2.36. The Morgan fingerprint density at radius 1 is 1.14 bits per heavy atom. The summed E-state index contributed by atoms with van der Waals surface area (Å²) in [6.07, 6.45) is 1.91. The molecule has 0 fully saturated rings. The molecule has 0 atom stereocenters. The van der Waals surface area contributed by atoms with Crippen LogP contribution in [-0.4, -0.2) is 14.7 Å². The predicted molar refractivity (Wildman–Crippen MR) is 93.2 cm³/mol. The predicted octanol–water partition coefficient (Wildman–Crippen LogP) is 5.28. The highest BCUT2D eigenvalue weighted by Gasteiger charge is 2.22. The third-order valence-corrected chi connectivity index (χ3v) is 6.04. The summed E-state index contributed by atoms with van der Waals surface area (Å²) in [5.74, 6) is 0. The van der Waals surface area contributed by atoms with E-state index < -0.39 is 10.0 Å². The number of thioether (sulfide) groups is 1. The molecule has 0 amide bonds. The van der Waals surface area contributed by atoms with Crippen molar-refractivity contribution in [2.24, 2.45) is 0 Å². The topological polar surface area (TPSA) is 46.2 Å². The van der Waals surface area contributed by atoms with E-state index in [1.165, 1.54) is 23.9 Å². The molecule has 2 aromatic carbocycles. The lowest BCUT2D eigenvalue weighted by molar-refractivity contribution is 0.601. The third kappa shape index (κ3) is 4.07. The largest absolute Gasteiger partial charge is 0.280 e. The molecule has 0 spiro atoms. The normalized spacial score (nSPS) is 11.4. The third-order valence-electron chi connectivity index (χ3n) is 2.55. The Hall–Kier alpha value is -0.400. The molecule has 0 unspecified atom stereocenters. The number of hydrogen-bond acceptors (Lipinski definition) is 3. The van der Waals surface area contributed by atoms with Crippen LogP contribution in [0.3, 0.4) is 0 Å². The molecule has 21 heavy (non-hydrogen) atoms. The first-order valence-corrected chi connectivity index (χ1v) is 9.90. The van der Waals surface area contributed by atoms with E-state index >= 15 is 0 Å². The molecule has 112 valence electrons. The second-order valence-corrected chi connectivity index (χ2v) is 8.26. The van der Waals surface area contributed by atoms with Crippen molar-refractivity contribution < 1.29 is 8.42 Å². The second-order valence-electron chi connectivity index (χ2n) is 4.04. The average molecular weight is 427 g/mol. The smallest absolute Gasteiger partial charge is 0.264 e. The van der Waals surface area contributed by atoms with Crippen molar-refractivity contribution in [3.8, 4) is 0 Å². The van der Waals surface area contributed by atoms with Crippen LogP contribution in [0.4, 0.5) is 5.69 Å². The van der Waals surface area contributed by atoms with E-state index in [1.54, 1.807) is 18.2 Å². The van der Waals surface area contributed by atoms with Gasteiger partial charge in [0.15, 0.2) is 0 Å². The highest BCUT2D eigenvalue weighted by atomic mass is 79.9. The zero-order valence-electron chi connectivity index (χ0n) is 10.7. The summed E-state index contributed by atoms with van der Waals surface area (Å²) in [6, 6.07) is 10.0. The first-order valence-electron chi connectivity index (χ1n) is 5.65. The first kappa shape index (κ1) is 17.0. The molecule has 0 aliphatic rings. The summed E-state index contributed by atoms with van der Waals surface area (Å²) < 4.78 is 28.0. The Bertz CT molecular complexity index is 758. The van der Waals surface area contributed by atoms with E-state index in [-0.39, 0.29) is 14.9 Å². The van der Waals surface area contributed by atoms with Gasteiger partial charge in [0.2, 0.25) is 0 Å². The van der Waals surface area contributed by atoms with E-state index in [1.807, 2.05) is 12.3 Å². The lowest BCUT2D eigenvalue weighted by atomic mass is 10.3. The van der Waals surface area contributed by atoms with E-state index in [0.717, 1.165) is 4.90 Å². The van der Waals surface area contributed by atoms with Gasteiger partial charge in [-0.2, -0.15) is 0 Å². The van der Waals surface area contributed by atoms with Crippen molar-refractivity contribution in [1.29, 1.82) is 0 Å². The molecular weight excluding hydrogens is 417 g/mol. The molecule has 0 heterocycles. The van der Waals surface area contributed by atoms with Gasteiger partial charge < -0.3 is 0 Å². The molecule has 0 radical (unpaired) electrons. The molecule has 0 bridgehead atoms. The van der Waals surface area contributed by atoms with Crippen LogP contribution >= 0.6 is 50.9 Å². The highest BCUT2D eigenvalue weighted by molar-refractivity contribution is 9.10. The lowest BCUT2D eigenvalue weighted by Gasteiger charge is -2.12. The number of anilines is 1. The second kappa shape index (κ2) is 6.79. The van der Waals surface area contributed by atoms with Gasteiger partial charge >= 0.3 is 0 Å². The van der Waals surface area contributed by atoms with Gasteiger partial charge in [-0.15, -0.1) is 11.8 Å². The van der Waals surface area contributed by atoms with E-state index in [9.17, 15) is 8.42 Å². The maximum absolute atomic E-state index is 12.5. The first-order chi connectivity index (χ1) is 9.83. The number of nitrogens with one attached hydrogen (secondary N) is 1. The maximum atomic E-state index is 12.5. The molecule has 2 aromatic rings. The van der Waals surface area contributed by atoms with Gasteiger partial charge in [0, 0.05) is 15.1 Å². The van der Waals surface area contributed by atoms with Crippen molar-refractivity contribution in [1.82, 2.24) is 0 Å². The standard InChI is InChI=1S/C13H10BrCl2NO2S2/c1-20-10-4-2-3-9(7-10)17-21(18,19)13-11(15)5-8(14)6-12(13)16/h2-7,17H,1H3. The quantitative estimate of drug-likeness (QED) is 0.676. The van der Waals surface area contributed by atoms with Crippen molar-refractivity contribution in [2.45, 2.75) is 9.79 Å². The van der Waals surface area contributed by atoms with Gasteiger partial charge in [-0.3, -0.25) is 4.72 Å². The fourth-order valence-electron chi connectivity index (χ4n) is 1.68. The summed E-state index contributed by atoms with van der Waals surface area (Å²) in [7, 11) is -3.86. The van der Waals surface area contributed by atoms with Crippen LogP contribution in [0.2, 0.25) is 10.0 Å². The van der Waals surface area contributed by atoms with Gasteiger partial charge in [-0.05, 0) is 36.6 Å². The van der Waals surface area contributed by atoms with Crippen LogP contribution in [0.15, 0.2) is 50.7 Å². The van der Waals surface area contributed by atoms with Gasteiger partial charge in [0.25, 0.3) is 10.0 Å². The maximum Gasteiger partial charge on any atom is 0.264 e. The summed E-state index contributed by atoms with van der Waals surface area (Å²) in [5.41, 5.74) is 0.455. The molecule has 8 heteroatoms. The zero-order chi connectivity index (χ0) is 15.6. The van der Waals surface area contributed by atoms with Crippen molar-refractivity contribution in [2.75, 3.05) is 11.0 Å². The molecule has 0 saturated heterocycles. The van der Waals surface area contributed by atoms with Crippen molar-refractivity contribution in [3.05, 3.63) is 50.9 Å². The van der Waals surface area contributed by atoms with Crippen molar-refractivity contribution >= 4 is 66.6 Å². The number of rotatable bonds is 4. The number of hydrogen-bond donors (Lipinski definition) is 1. The van der Waals surface area contributed by atoms with Crippen LogP contribution in [-0.2, 0) is 10.0 Å². The van der Waals surface area contributed by atoms with Crippen LogP contribution in [0.5, 0.6) is 0 Å². The van der Waals surface area contributed by atoms with E-state index in [2.05, 4.69) is 20.7 Å². The fraction of sp³-hybridized carbons (Fsp3) is 0.0769. The Kier molecular flexibility index (Phi) is 5.48. The molecule has 1 N–H and O–H groups in total. The Morgan fingerprint density at radius 3 is 2.33 bits per heavy atom. The van der Waals surface area contributed by atoms with E-state index in [0.29, 0.717) is 10.2 Å². The minimum absolute atomic E-state index is 0.0582. The molecule has 0 aromatic heterocycles.